The largest absolute Gasteiger partial charge is 0.365 e. The van der Waals surface area contributed by atoms with Crippen LogP contribution in [0.1, 0.15) is 32.1 Å². The van der Waals surface area contributed by atoms with E-state index >= 15 is 0 Å². The Morgan fingerprint density at radius 3 is 3.00 bits per heavy atom. The first kappa shape index (κ1) is 12.6. The van der Waals surface area contributed by atoms with Gasteiger partial charge in [-0.15, -0.1) is 0 Å². The Labute approximate surface area is 108 Å². The molecule has 17 heavy (non-hydrogen) atoms. The molecule has 0 amide bonds. The standard InChI is InChI=1S/C11H17BrN4O/c12-9-10(14-6-15-11(9)17)16-8-5-3-1-2-4-7(8)13/h6-8H,1-5,13H2,(H2,14,15,16,17). The quantitative estimate of drug-likeness (QED) is 0.725. The van der Waals surface area contributed by atoms with Crippen molar-refractivity contribution in [3.8, 4) is 0 Å². The molecule has 0 radical (unpaired) electrons. The van der Waals surface area contributed by atoms with Gasteiger partial charge in [-0.1, -0.05) is 19.3 Å². The van der Waals surface area contributed by atoms with E-state index in [4.69, 9.17) is 5.73 Å². The summed E-state index contributed by atoms with van der Waals surface area (Å²) in [6, 6.07) is 0.327. The number of halogens is 1. The van der Waals surface area contributed by atoms with Crippen molar-refractivity contribution in [3.63, 3.8) is 0 Å². The molecule has 6 heteroatoms. The number of nitrogens with zero attached hydrogens (tertiary/aromatic N) is 1. The molecular formula is C11H17BrN4O. The van der Waals surface area contributed by atoms with E-state index in [1.807, 2.05) is 0 Å². The molecule has 5 nitrogen and oxygen atoms in total. The highest BCUT2D eigenvalue weighted by Gasteiger charge is 2.21. The van der Waals surface area contributed by atoms with Crippen LogP contribution < -0.4 is 16.6 Å². The van der Waals surface area contributed by atoms with Crippen LogP contribution in [0.2, 0.25) is 0 Å². The number of H-pyrrole nitrogens is 1. The third-order valence-corrected chi connectivity index (χ3v) is 3.92. The van der Waals surface area contributed by atoms with E-state index < -0.39 is 0 Å². The van der Waals surface area contributed by atoms with Crippen molar-refractivity contribution in [1.29, 1.82) is 0 Å². The molecule has 4 N–H and O–H groups in total. The van der Waals surface area contributed by atoms with Gasteiger partial charge in [-0.25, -0.2) is 4.98 Å². The van der Waals surface area contributed by atoms with Crippen LogP contribution in [0, 0.1) is 0 Å². The fourth-order valence-corrected chi connectivity index (χ4v) is 2.51. The third-order valence-electron chi connectivity index (χ3n) is 3.19. The highest BCUT2D eigenvalue weighted by molar-refractivity contribution is 9.10. The summed E-state index contributed by atoms with van der Waals surface area (Å²) in [5.74, 6) is 0.580. The zero-order valence-electron chi connectivity index (χ0n) is 9.58. The number of nitrogens with two attached hydrogens (primary N) is 1. The summed E-state index contributed by atoms with van der Waals surface area (Å²) in [4.78, 5) is 18.1. The molecule has 2 unspecified atom stereocenters. The normalized spacial score (nSPS) is 25.3. The average molecular weight is 301 g/mol. The fraction of sp³-hybridized carbons (Fsp3) is 0.636. The monoisotopic (exact) mass is 300 g/mol. The zero-order chi connectivity index (χ0) is 12.3. The van der Waals surface area contributed by atoms with Gasteiger partial charge in [0.05, 0.1) is 6.33 Å². The van der Waals surface area contributed by atoms with Crippen LogP contribution in [0.15, 0.2) is 15.6 Å². The van der Waals surface area contributed by atoms with E-state index in [-0.39, 0.29) is 17.6 Å². The number of nitrogens with one attached hydrogen (secondary N) is 2. The zero-order valence-corrected chi connectivity index (χ0v) is 11.2. The molecule has 0 aromatic carbocycles. The predicted octanol–water partition coefficient (Wildman–Crippen LogP) is 1.60. The van der Waals surface area contributed by atoms with Crippen LogP contribution in [0.3, 0.4) is 0 Å². The van der Waals surface area contributed by atoms with Crippen molar-refractivity contribution >= 4 is 21.7 Å². The lowest BCUT2D eigenvalue weighted by molar-refractivity contribution is 0.526. The third kappa shape index (κ3) is 3.07. The summed E-state index contributed by atoms with van der Waals surface area (Å²) >= 11 is 3.24. The summed E-state index contributed by atoms with van der Waals surface area (Å²) in [7, 11) is 0. The Kier molecular flexibility index (Phi) is 4.17. The molecule has 0 saturated heterocycles. The molecule has 1 aliphatic carbocycles. The molecule has 0 spiro atoms. The lowest BCUT2D eigenvalue weighted by Crippen LogP contribution is -2.39. The lowest BCUT2D eigenvalue weighted by Gasteiger charge is -2.23. The molecule has 2 rings (SSSR count). The molecule has 1 aromatic rings. The van der Waals surface area contributed by atoms with Crippen molar-refractivity contribution in [2.75, 3.05) is 5.32 Å². The Balaban J connectivity index is 2.13. The summed E-state index contributed by atoms with van der Waals surface area (Å²) in [6.07, 6.45) is 7.05. The van der Waals surface area contributed by atoms with E-state index in [1.165, 1.54) is 25.6 Å². The smallest absolute Gasteiger partial charge is 0.267 e. The van der Waals surface area contributed by atoms with Crippen molar-refractivity contribution in [1.82, 2.24) is 9.97 Å². The molecular weight excluding hydrogens is 284 g/mol. The molecule has 94 valence electrons. The SMILES string of the molecule is NC1CCCCCC1Nc1nc[nH]c(=O)c1Br. The second-order valence-electron chi connectivity index (χ2n) is 4.45. The minimum absolute atomic E-state index is 0.130. The van der Waals surface area contributed by atoms with Crippen LogP contribution in [-0.2, 0) is 0 Å². The van der Waals surface area contributed by atoms with Crippen LogP contribution in [-0.4, -0.2) is 22.1 Å². The van der Waals surface area contributed by atoms with E-state index in [1.54, 1.807) is 0 Å². The van der Waals surface area contributed by atoms with Crippen molar-refractivity contribution in [2.24, 2.45) is 5.73 Å². The van der Waals surface area contributed by atoms with Crippen molar-refractivity contribution in [3.05, 3.63) is 21.2 Å². The van der Waals surface area contributed by atoms with Crippen molar-refractivity contribution in [2.45, 2.75) is 44.2 Å². The Morgan fingerprint density at radius 1 is 1.41 bits per heavy atom. The van der Waals surface area contributed by atoms with Gasteiger partial charge in [0.1, 0.15) is 10.3 Å². The average Bonchev–Trinajstić information content (AvgIpc) is 2.51. The Bertz CT molecular complexity index is 434. The number of aromatic amines is 1. The molecule has 0 aliphatic heterocycles. The second-order valence-corrected chi connectivity index (χ2v) is 5.24. The number of hydrogen-bond acceptors (Lipinski definition) is 4. The molecule has 1 fully saturated rings. The fourth-order valence-electron chi connectivity index (χ4n) is 2.17. The van der Waals surface area contributed by atoms with Gasteiger partial charge in [-0.2, -0.15) is 0 Å². The topological polar surface area (TPSA) is 83.8 Å². The highest BCUT2D eigenvalue weighted by Crippen LogP contribution is 2.22. The minimum Gasteiger partial charge on any atom is -0.365 e. The maximum atomic E-state index is 11.4. The van der Waals surface area contributed by atoms with Crippen molar-refractivity contribution < 1.29 is 0 Å². The van der Waals surface area contributed by atoms with Crippen LogP contribution >= 0.6 is 15.9 Å². The maximum absolute atomic E-state index is 11.4. The Hall–Kier alpha value is -0.880. The lowest BCUT2D eigenvalue weighted by atomic mass is 10.0. The molecule has 1 heterocycles. The predicted molar refractivity (Wildman–Crippen MR) is 71.0 cm³/mol. The molecule has 1 aromatic heterocycles. The first-order valence-corrected chi connectivity index (χ1v) is 6.73. The van der Waals surface area contributed by atoms with Gasteiger partial charge < -0.3 is 16.0 Å². The van der Waals surface area contributed by atoms with Crippen LogP contribution in [0.5, 0.6) is 0 Å². The first-order chi connectivity index (χ1) is 8.18. The van der Waals surface area contributed by atoms with Crippen LogP contribution in [0.25, 0.3) is 0 Å². The van der Waals surface area contributed by atoms with Gasteiger partial charge in [-0.3, -0.25) is 4.79 Å². The van der Waals surface area contributed by atoms with Crippen LogP contribution in [0.4, 0.5) is 5.82 Å². The van der Waals surface area contributed by atoms with E-state index in [2.05, 4.69) is 31.2 Å². The molecule has 1 saturated carbocycles. The number of hydrogen-bond donors (Lipinski definition) is 3. The van der Waals surface area contributed by atoms with Gasteiger partial charge in [0, 0.05) is 12.1 Å². The second kappa shape index (κ2) is 5.64. The van der Waals surface area contributed by atoms with Gasteiger partial charge in [0.25, 0.3) is 5.56 Å². The minimum atomic E-state index is -0.176. The van der Waals surface area contributed by atoms with E-state index in [0.29, 0.717) is 10.3 Å². The summed E-state index contributed by atoms with van der Waals surface area (Å²) in [5, 5.41) is 3.28. The van der Waals surface area contributed by atoms with Gasteiger partial charge >= 0.3 is 0 Å². The van der Waals surface area contributed by atoms with Gasteiger partial charge in [0.2, 0.25) is 0 Å². The number of aromatic nitrogens is 2. The van der Waals surface area contributed by atoms with E-state index in [9.17, 15) is 4.79 Å². The number of anilines is 1. The summed E-state index contributed by atoms with van der Waals surface area (Å²) in [6.45, 7) is 0. The highest BCUT2D eigenvalue weighted by atomic mass is 79.9. The Morgan fingerprint density at radius 2 is 2.18 bits per heavy atom. The maximum Gasteiger partial charge on any atom is 0.267 e. The first-order valence-electron chi connectivity index (χ1n) is 5.94. The van der Waals surface area contributed by atoms with Gasteiger partial charge in [0.15, 0.2) is 0 Å². The number of rotatable bonds is 2. The summed E-state index contributed by atoms with van der Waals surface area (Å²) < 4.78 is 0.441. The molecule has 2 atom stereocenters. The van der Waals surface area contributed by atoms with Gasteiger partial charge in [-0.05, 0) is 28.8 Å². The van der Waals surface area contributed by atoms with E-state index in [0.717, 1.165) is 12.8 Å². The summed E-state index contributed by atoms with van der Waals surface area (Å²) in [5.41, 5.74) is 5.95. The molecule has 1 aliphatic rings. The molecule has 0 bridgehead atoms.